The minimum Gasteiger partial charge on any atom is -0.408 e. The van der Waals surface area contributed by atoms with Gasteiger partial charge in [0, 0.05) is 0 Å². The van der Waals surface area contributed by atoms with Gasteiger partial charge in [0.1, 0.15) is 0 Å². The smallest absolute Gasteiger partial charge is 0.408 e. The van der Waals surface area contributed by atoms with E-state index in [-0.39, 0.29) is 0 Å². The second-order valence-corrected chi connectivity index (χ2v) is 5.51. The molecule has 1 atom stereocenters. The summed E-state index contributed by atoms with van der Waals surface area (Å²) in [5.41, 5.74) is 2.02. The van der Waals surface area contributed by atoms with E-state index >= 15 is 0 Å². The first-order chi connectivity index (χ1) is 9.22. The molecule has 1 aliphatic carbocycles. The van der Waals surface area contributed by atoms with E-state index in [4.69, 9.17) is 4.42 Å². The molecule has 0 bridgehead atoms. The Morgan fingerprint density at radius 2 is 2.16 bits per heavy atom. The fourth-order valence-electron chi connectivity index (χ4n) is 3.03. The lowest BCUT2D eigenvalue weighted by atomic mass is 9.96. The molecule has 4 nitrogen and oxygen atoms in total. The maximum Gasteiger partial charge on any atom is 0.417 e. The molecule has 19 heavy (non-hydrogen) atoms. The van der Waals surface area contributed by atoms with Gasteiger partial charge in [0.25, 0.3) is 0 Å². The average Bonchev–Trinajstić information content (AvgIpc) is 3.02. The van der Waals surface area contributed by atoms with Gasteiger partial charge in [-0.25, -0.2) is 4.79 Å². The number of fused-ring (bicyclic) bond motifs is 1. The molecule has 102 valence electrons. The fraction of sp³-hybridized carbons (Fsp3) is 0.533. The van der Waals surface area contributed by atoms with Crippen LogP contribution in [0, 0.1) is 5.92 Å². The number of aromatic nitrogens is 1. The fourth-order valence-corrected chi connectivity index (χ4v) is 3.03. The van der Waals surface area contributed by atoms with Crippen LogP contribution < -0.4 is 5.76 Å². The summed E-state index contributed by atoms with van der Waals surface area (Å²) < 4.78 is 5.01. The highest BCUT2D eigenvalue weighted by molar-refractivity contribution is 5.72. The molecule has 3 rings (SSSR count). The average molecular weight is 261 g/mol. The molecule has 0 aliphatic heterocycles. The van der Waals surface area contributed by atoms with Gasteiger partial charge in [-0.05, 0) is 36.5 Å². The Bertz CT molecular complexity index is 607. The maximum atomic E-state index is 11.1. The van der Waals surface area contributed by atoms with Gasteiger partial charge < -0.3 is 9.52 Å². The van der Waals surface area contributed by atoms with Crippen molar-refractivity contribution in [2.24, 2.45) is 5.92 Å². The highest BCUT2D eigenvalue weighted by Gasteiger charge is 2.17. The zero-order valence-corrected chi connectivity index (χ0v) is 10.9. The van der Waals surface area contributed by atoms with E-state index < -0.39 is 11.9 Å². The number of hydrogen-bond donors (Lipinski definition) is 2. The van der Waals surface area contributed by atoms with Crippen molar-refractivity contribution in [2.45, 2.75) is 44.6 Å². The monoisotopic (exact) mass is 261 g/mol. The van der Waals surface area contributed by atoms with Crippen molar-refractivity contribution in [1.29, 1.82) is 0 Å². The van der Waals surface area contributed by atoms with Crippen molar-refractivity contribution >= 4 is 11.1 Å². The normalized spacial score (nSPS) is 18.2. The van der Waals surface area contributed by atoms with Gasteiger partial charge in [-0.3, -0.25) is 4.98 Å². The van der Waals surface area contributed by atoms with Crippen LogP contribution in [0.3, 0.4) is 0 Å². The minimum atomic E-state index is -0.467. The summed E-state index contributed by atoms with van der Waals surface area (Å²) >= 11 is 0. The first-order valence-corrected chi connectivity index (χ1v) is 7.03. The lowest BCUT2D eigenvalue weighted by Crippen LogP contribution is -2.01. The quantitative estimate of drug-likeness (QED) is 0.888. The molecule has 1 unspecified atom stereocenters. The molecule has 0 saturated heterocycles. The number of nitrogens with one attached hydrogen (secondary N) is 1. The Morgan fingerprint density at radius 3 is 2.95 bits per heavy atom. The number of oxazole rings is 1. The minimum absolute atomic E-state index is 0.451. The van der Waals surface area contributed by atoms with Gasteiger partial charge in [0.2, 0.25) is 0 Å². The van der Waals surface area contributed by atoms with Crippen molar-refractivity contribution < 1.29 is 9.52 Å². The summed E-state index contributed by atoms with van der Waals surface area (Å²) in [5.74, 6) is 0.330. The van der Waals surface area contributed by atoms with Crippen LogP contribution in [0.4, 0.5) is 0 Å². The standard InChI is InChI=1S/C15H19NO3/c17-13(8-5-10-3-1-2-4-10)11-6-7-12-14(9-11)19-15(18)16-12/h6-7,9-10,13,17H,1-5,8H2,(H,16,18). The van der Waals surface area contributed by atoms with E-state index in [1.807, 2.05) is 6.07 Å². The maximum absolute atomic E-state index is 11.1. The molecule has 1 fully saturated rings. The summed E-state index contributed by atoms with van der Waals surface area (Å²) in [5, 5.41) is 10.2. The van der Waals surface area contributed by atoms with Gasteiger partial charge in [0.15, 0.2) is 5.58 Å². The highest BCUT2D eigenvalue weighted by Crippen LogP contribution is 2.31. The molecule has 2 aromatic rings. The lowest BCUT2D eigenvalue weighted by Gasteiger charge is -2.14. The van der Waals surface area contributed by atoms with Gasteiger partial charge in [0.05, 0.1) is 11.6 Å². The van der Waals surface area contributed by atoms with Gasteiger partial charge in [-0.1, -0.05) is 31.7 Å². The Hall–Kier alpha value is -1.55. The number of aliphatic hydroxyl groups excluding tert-OH is 1. The molecular weight excluding hydrogens is 242 g/mol. The van der Waals surface area contributed by atoms with Crippen LogP contribution in [-0.2, 0) is 0 Å². The van der Waals surface area contributed by atoms with Gasteiger partial charge >= 0.3 is 5.76 Å². The van der Waals surface area contributed by atoms with Crippen molar-refractivity contribution in [2.75, 3.05) is 0 Å². The molecule has 4 heteroatoms. The summed E-state index contributed by atoms with van der Waals surface area (Å²) in [6.45, 7) is 0. The van der Waals surface area contributed by atoms with E-state index in [1.54, 1.807) is 12.1 Å². The molecule has 0 radical (unpaired) electrons. The van der Waals surface area contributed by atoms with Crippen LogP contribution in [0.2, 0.25) is 0 Å². The Morgan fingerprint density at radius 1 is 1.37 bits per heavy atom. The van der Waals surface area contributed by atoms with Crippen molar-refractivity contribution in [3.05, 3.63) is 34.3 Å². The highest BCUT2D eigenvalue weighted by atomic mass is 16.4. The van der Waals surface area contributed by atoms with E-state index in [1.165, 1.54) is 25.7 Å². The predicted octanol–water partition coefficient (Wildman–Crippen LogP) is 3.12. The molecule has 1 saturated carbocycles. The number of hydrogen-bond acceptors (Lipinski definition) is 3. The Labute approximate surface area is 111 Å². The third-order valence-corrected chi connectivity index (χ3v) is 4.15. The molecule has 1 aromatic heterocycles. The Balaban J connectivity index is 1.69. The third kappa shape index (κ3) is 2.73. The van der Waals surface area contributed by atoms with Crippen molar-refractivity contribution in [3.8, 4) is 0 Å². The summed E-state index contributed by atoms with van der Waals surface area (Å²) in [6, 6.07) is 5.40. The van der Waals surface area contributed by atoms with Crippen LogP contribution in [0.5, 0.6) is 0 Å². The van der Waals surface area contributed by atoms with E-state index in [9.17, 15) is 9.90 Å². The van der Waals surface area contributed by atoms with Crippen LogP contribution in [-0.4, -0.2) is 10.1 Å². The summed E-state index contributed by atoms with van der Waals surface area (Å²) in [4.78, 5) is 13.7. The molecular formula is C15H19NO3. The first kappa shape index (κ1) is 12.5. The van der Waals surface area contributed by atoms with Gasteiger partial charge in [-0.15, -0.1) is 0 Å². The first-order valence-electron chi connectivity index (χ1n) is 7.03. The van der Waals surface area contributed by atoms with Crippen LogP contribution in [0.1, 0.15) is 50.2 Å². The van der Waals surface area contributed by atoms with E-state index in [0.717, 1.165) is 24.3 Å². The Kier molecular flexibility index (Phi) is 3.42. The number of benzene rings is 1. The SMILES string of the molecule is O=c1[nH]c2ccc(C(O)CCC3CCCC3)cc2o1. The van der Waals surface area contributed by atoms with Gasteiger partial charge in [-0.2, -0.15) is 0 Å². The number of aromatic amines is 1. The van der Waals surface area contributed by atoms with Crippen molar-refractivity contribution in [3.63, 3.8) is 0 Å². The second-order valence-electron chi connectivity index (χ2n) is 5.51. The zero-order valence-electron chi connectivity index (χ0n) is 10.9. The summed E-state index contributed by atoms with van der Waals surface area (Å²) in [6.07, 6.45) is 6.67. The third-order valence-electron chi connectivity index (χ3n) is 4.15. The number of aliphatic hydroxyl groups is 1. The topological polar surface area (TPSA) is 66.2 Å². The molecule has 1 aromatic carbocycles. The van der Waals surface area contributed by atoms with E-state index in [0.29, 0.717) is 11.1 Å². The molecule has 0 amide bonds. The molecule has 1 aliphatic rings. The zero-order chi connectivity index (χ0) is 13.2. The molecule has 2 N–H and O–H groups in total. The van der Waals surface area contributed by atoms with Crippen LogP contribution in [0.15, 0.2) is 27.4 Å². The predicted molar refractivity (Wildman–Crippen MR) is 73.0 cm³/mol. The van der Waals surface area contributed by atoms with Crippen LogP contribution in [0.25, 0.3) is 11.1 Å². The second kappa shape index (κ2) is 5.21. The lowest BCUT2D eigenvalue weighted by molar-refractivity contribution is 0.157. The van der Waals surface area contributed by atoms with E-state index in [2.05, 4.69) is 4.98 Å². The molecule has 1 heterocycles. The van der Waals surface area contributed by atoms with Crippen LogP contribution >= 0.6 is 0 Å². The number of rotatable bonds is 4. The molecule has 0 spiro atoms. The van der Waals surface area contributed by atoms with Crippen molar-refractivity contribution in [1.82, 2.24) is 4.98 Å². The largest absolute Gasteiger partial charge is 0.417 e. The number of H-pyrrole nitrogens is 1. The summed E-state index contributed by atoms with van der Waals surface area (Å²) in [7, 11) is 0.